The quantitative estimate of drug-likeness (QED) is 0.286. The minimum absolute atomic E-state index is 0.530. The molecule has 0 amide bonds. The summed E-state index contributed by atoms with van der Waals surface area (Å²) in [6, 6.07) is 0. The van der Waals surface area contributed by atoms with Crippen LogP contribution < -0.4 is 0 Å². The van der Waals surface area contributed by atoms with Gasteiger partial charge in [-0.1, -0.05) is 0 Å². The summed E-state index contributed by atoms with van der Waals surface area (Å²) in [5.74, 6) is -1.56. The lowest BCUT2D eigenvalue weighted by Crippen LogP contribution is -2.60. The van der Waals surface area contributed by atoms with Gasteiger partial charge in [0, 0.05) is 0 Å². The Balaban J connectivity index is 2.16. The normalized spacial score (nSPS) is 45.3. The molecule has 134 valence electrons. The van der Waals surface area contributed by atoms with Gasteiger partial charge in [-0.15, -0.1) is 0 Å². The van der Waals surface area contributed by atoms with Crippen LogP contribution >= 0.6 is 0 Å². The number of rotatable bonds is 4. The van der Waals surface area contributed by atoms with Crippen molar-refractivity contribution in [1.29, 1.82) is 0 Å². The zero-order valence-corrected chi connectivity index (χ0v) is 12.4. The zero-order chi connectivity index (χ0) is 17.3. The maximum atomic E-state index is 10.1. The van der Waals surface area contributed by atoms with Crippen LogP contribution in [-0.2, 0) is 14.2 Å². The molecule has 2 heterocycles. The Morgan fingerprint density at radius 2 is 1.61 bits per heavy atom. The molecule has 23 heavy (non-hydrogen) atoms. The molecule has 2 aliphatic heterocycles. The largest absolute Gasteiger partial charge is 0.506 e. The first kappa shape index (κ1) is 18.4. The number of hydrogen-bond donors (Lipinski definition) is 7. The summed E-state index contributed by atoms with van der Waals surface area (Å²) in [5.41, 5.74) is 0. The Kier molecular flexibility index (Phi) is 5.81. The van der Waals surface area contributed by atoms with E-state index in [1.807, 2.05) is 0 Å². The van der Waals surface area contributed by atoms with Crippen LogP contribution in [0.25, 0.3) is 0 Å². The molecule has 1 saturated heterocycles. The van der Waals surface area contributed by atoms with Gasteiger partial charge in [0.2, 0.25) is 0 Å². The molecule has 0 radical (unpaired) electrons. The van der Waals surface area contributed by atoms with Crippen LogP contribution in [0.2, 0.25) is 0 Å². The van der Waals surface area contributed by atoms with E-state index in [1.54, 1.807) is 0 Å². The molecule has 0 aromatic rings. The molecule has 8 atom stereocenters. The van der Waals surface area contributed by atoms with Gasteiger partial charge in [-0.25, -0.2) is 0 Å². The lowest BCUT2D eigenvalue weighted by molar-refractivity contribution is -0.306. The summed E-state index contributed by atoms with van der Waals surface area (Å²) >= 11 is 0. The van der Waals surface area contributed by atoms with Crippen LogP contribution in [0.3, 0.4) is 0 Å². The monoisotopic (exact) mass is 338 g/mol. The molecule has 0 saturated carbocycles. The standard InChI is InChI=1S/C13H22O10/c1-4-7(16)10(19)12(6(3-15)21-4)23-13-11(20)9(18)8(17)5(2-14)22-13/h4-7,10-20H,2-3H2,1H3/t4-,5?,6?,7?,10?,11?,12+,13-/m0/s1. The molecule has 1 fully saturated rings. The van der Waals surface area contributed by atoms with Crippen molar-refractivity contribution in [3.05, 3.63) is 11.5 Å². The Hall–Kier alpha value is -0.980. The van der Waals surface area contributed by atoms with Gasteiger partial charge < -0.3 is 50.0 Å². The maximum absolute atomic E-state index is 10.1. The third-order valence-electron chi connectivity index (χ3n) is 3.96. The van der Waals surface area contributed by atoms with Crippen molar-refractivity contribution in [2.24, 2.45) is 0 Å². The third-order valence-corrected chi connectivity index (χ3v) is 3.96. The van der Waals surface area contributed by atoms with Gasteiger partial charge >= 0.3 is 0 Å². The van der Waals surface area contributed by atoms with Crippen LogP contribution in [-0.4, -0.2) is 98.0 Å². The second-order valence-electron chi connectivity index (χ2n) is 5.54. The molecule has 0 aromatic heterocycles. The van der Waals surface area contributed by atoms with Gasteiger partial charge in [-0.2, -0.15) is 0 Å². The van der Waals surface area contributed by atoms with E-state index in [4.69, 9.17) is 19.3 Å². The van der Waals surface area contributed by atoms with Crippen LogP contribution in [0.15, 0.2) is 11.5 Å². The summed E-state index contributed by atoms with van der Waals surface area (Å²) in [7, 11) is 0. The zero-order valence-electron chi connectivity index (χ0n) is 12.4. The first-order valence-corrected chi connectivity index (χ1v) is 7.16. The molecule has 2 aliphatic rings. The highest BCUT2D eigenvalue weighted by Crippen LogP contribution is 2.29. The molecule has 2 rings (SSSR count). The van der Waals surface area contributed by atoms with Gasteiger partial charge in [0.05, 0.1) is 19.3 Å². The molecule has 0 spiro atoms. The van der Waals surface area contributed by atoms with Gasteiger partial charge in [0.25, 0.3) is 0 Å². The second kappa shape index (κ2) is 7.28. The minimum Gasteiger partial charge on any atom is -0.506 e. The van der Waals surface area contributed by atoms with Gasteiger partial charge in [0.1, 0.15) is 30.5 Å². The van der Waals surface area contributed by atoms with E-state index in [-0.39, 0.29) is 0 Å². The summed E-state index contributed by atoms with van der Waals surface area (Å²) in [6.07, 6.45) is -10.4. The highest BCUT2D eigenvalue weighted by Gasteiger charge is 2.47. The van der Waals surface area contributed by atoms with E-state index in [0.717, 1.165) is 0 Å². The van der Waals surface area contributed by atoms with Crippen LogP contribution in [0.1, 0.15) is 6.92 Å². The van der Waals surface area contributed by atoms with Gasteiger partial charge in [0.15, 0.2) is 23.9 Å². The average Bonchev–Trinajstić information content (AvgIpc) is 2.55. The van der Waals surface area contributed by atoms with Crippen LogP contribution in [0, 0.1) is 0 Å². The highest BCUT2D eigenvalue weighted by atomic mass is 16.7. The Morgan fingerprint density at radius 1 is 0.957 bits per heavy atom. The summed E-state index contributed by atoms with van der Waals surface area (Å²) in [5, 5.41) is 67.4. The summed E-state index contributed by atoms with van der Waals surface area (Å²) in [6.45, 7) is 0.292. The second-order valence-corrected chi connectivity index (χ2v) is 5.54. The maximum Gasteiger partial charge on any atom is 0.192 e. The van der Waals surface area contributed by atoms with Crippen molar-refractivity contribution in [1.82, 2.24) is 0 Å². The van der Waals surface area contributed by atoms with Crippen molar-refractivity contribution < 1.29 is 50.0 Å². The van der Waals surface area contributed by atoms with Crippen molar-refractivity contribution in [2.75, 3.05) is 13.2 Å². The van der Waals surface area contributed by atoms with Crippen molar-refractivity contribution >= 4 is 0 Å². The van der Waals surface area contributed by atoms with Crippen molar-refractivity contribution in [2.45, 2.75) is 55.9 Å². The van der Waals surface area contributed by atoms with Crippen molar-refractivity contribution in [3.8, 4) is 0 Å². The molecule has 0 bridgehead atoms. The Bertz CT molecular complexity index is 438. The smallest absolute Gasteiger partial charge is 0.192 e. The highest BCUT2D eigenvalue weighted by molar-refractivity contribution is 5.13. The topological polar surface area (TPSA) is 169 Å². The van der Waals surface area contributed by atoms with E-state index in [2.05, 4.69) is 0 Å². The number of aliphatic hydroxyl groups excluding tert-OH is 7. The van der Waals surface area contributed by atoms with Gasteiger partial charge in [-0.3, -0.25) is 0 Å². The first-order chi connectivity index (χ1) is 10.8. The van der Waals surface area contributed by atoms with Gasteiger partial charge in [-0.05, 0) is 6.92 Å². The molecular weight excluding hydrogens is 316 g/mol. The van der Waals surface area contributed by atoms with E-state index >= 15 is 0 Å². The fourth-order valence-electron chi connectivity index (χ4n) is 2.58. The van der Waals surface area contributed by atoms with Crippen LogP contribution in [0.4, 0.5) is 0 Å². The fourth-order valence-corrected chi connectivity index (χ4v) is 2.58. The number of ether oxygens (including phenoxy) is 3. The molecule has 10 nitrogen and oxygen atoms in total. The molecule has 0 aliphatic carbocycles. The molecule has 5 unspecified atom stereocenters. The molecular formula is C13H22O10. The van der Waals surface area contributed by atoms with E-state index in [0.29, 0.717) is 0 Å². The van der Waals surface area contributed by atoms with Crippen molar-refractivity contribution in [3.63, 3.8) is 0 Å². The predicted octanol–water partition coefficient (Wildman–Crippen LogP) is -2.72. The molecule has 0 aromatic carbocycles. The Labute approximate surface area is 131 Å². The average molecular weight is 338 g/mol. The van der Waals surface area contributed by atoms with E-state index < -0.39 is 73.7 Å². The fraction of sp³-hybridized carbons (Fsp3) is 0.846. The van der Waals surface area contributed by atoms with E-state index in [1.165, 1.54) is 6.92 Å². The predicted molar refractivity (Wildman–Crippen MR) is 72.3 cm³/mol. The molecule has 7 N–H and O–H groups in total. The number of aliphatic hydroxyl groups is 7. The lowest BCUT2D eigenvalue weighted by Gasteiger charge is -2.43. The summed E-state index contributed by atoms with van der Waals surface area (Å²) in [4.78, 5) is 0. The lowest BCUT2D eigenvalue weighted by atomic mass is 9.95. The first-order valence-electron chi connectivity index (χ1n) is 7.16. The molecule has 10 heteroatoms. The Morgan fingerprint density at radius 3 is 2.17 bits per heavy atom. The minimum atomic E-state index is -1.78. The number of hydrogen-bond acceptors (Lipinski definition) is 10. The van der Waals surface area contributed by atoms with E-state index in [9.17, 15) is 30.6 Å². The third kappa shape index (κ3) is 3.44. The SMILES string of the molecule is C[C@@H]1OC(CO)[C@@H](O[C@@H]2OC(CO)C(O)=C(O)C2O)C(O)C1O. The van der Waals surface area contributed by atoms with Crippen LogP contribution in [0.5, 0.6) is 0 Å². The summed E-state index contributed by atoms with van der Waals surface area (Å²) < 4.78 is 15.8.